The van der Waals surface area contributed by atoms with Crippen LogP contribution in [-0.4, -0.2) is 56.2 Å². The number of hydrogen-bond acceptors (Lipinski definition) is 8. The Morgan fingerprint density at radius 3 is 2.68 bits per heavy atom. The van der Waals surface area contributed by atoms with Crippen LogP contribution in [0.2, 0.25) is 0 Å². The van der Waals surface area contributed by atoms with Crippen LogP contribution in [0, 0.1) is 28.4 Å². The van der Waals surface area contributed by atoms with Gasteiger partial charge in [-0.1, -0.05) is 0 Å². The van der Waals surface area contributed by atoms with Crippen LogP contribution in [-0.2, 0) is 6.54 Å². The van der Waals surface area contributed by atoms with Crippen LogP contribution in [0.15, 0.2) is 24.3 Å². The van der Waals surface area contributed by atoms with E-state index in [0.29, 0.717) is 28.8 Å². The van der Waals surface area contributed by atoms with Crippen molar-refractivity contribution < 1.29 is 4.92 Å². The van der Waals surface area contributed by atoms with Crippen molar-refractivity contribution >= 4 is 22.4 Å². The molecule has 1 N–H and O–H groups in total. The summed E-state index contributed by atoms with van der Waals surface area (Å²) in [7, 11) is 0. The lowest BCUT2D eigenvalue weighted by Crippen LogP contribution is -2.46. The Hall–Kier alpha value is -3.58. The van der Waals surface area contributed by atoms with E-state index >= 15 is 0 Å². The van der Waals surface area contributed by atoms with Crippen molar-refractivity contribution in [3.8, 4) is 6.07 Å². The molecule has 1 fully saturated rings. The van der Waals surface area contributed by atoms with Gasteiger partial charge in [0.2, 0.25) is 0 Å². The zero-order valence-corrected chi connectivity index (χ0v) is 15.3. The summed E-state index contributed by atoms with van der Waals surface area (Å²) in [5.41, 5.74) is 0.926. The van der Waals surface area contributed by atoms with E-state index in [9.17, 15) is 15.4 Å². The average molecular weight is 378 g/mol. The number of non-ortho nitro benzene ring substituents is 1. The summed E-state index contributed by atoms with van der Waals surface area (Å²) in [4.78, 5) is 23.9. The molecule has 0 saturated carbocycles. The maximum atomic E-state index is 11.0. The lowest BCUT2D eigenvalue weighted by Gasteiger charge is -2.35. The van der Waals surface area contributed by atoms with E-state index in [4.69, 9.17) is 0 Å². The summed E-state index contributed by atoms with van der Waals surface area (Å²) in [6.07, 6.45) is 0. The van der Waals surface area contributed by atoms with Gasteiger partial charge in [0.1, 0.15) is 11.6 Å². The monoisotopic (exact) mass is 378 g/mol. The zero-order chi connectivity index (χ0) is 19.7. The van der Waals surface area contributed by atoms with Gasteiger partial charge < -0.3 is 4.90 Å². The van der Waals surface area contributed by atoms with E-state index in [1.165, 1.54) is 12.1 Å². The number of pyridine rings is 1. The lowest BCUT2D eigenvalue weighted by molar-refractivity contribution is -0.384. The molecule has 0 aliphatic carbocycles. The SMILES string of the molecule is Cc1nc(CN2CCN(c3cc(C#N)c4cc([N+](=O)[O-])ccc4n3)CC2)n[nH]1. The fraction of sp³-hybridized carbons (Fsp3) is 0.333. The molecule has 10 nitrogen and oxygen atoms in total. The first-order valence-corrected chi connectivity index (χ1v) is 8.88. The molecule has 1 aliphatic heterocycles. The Balaban J connectivity index is 1.52. The molecular weight excluding hydrogens is 360 g/mol. The number of hydrogen-bond donors (Lipinski definition) is 1. The van der Waals surface area contributed by atoms with Crippen LogP contribution in [0.25, 0.3) is 10.9 Å². The molecular formula is C18H18N8O2. The van der Waals surface area contributed by atoms with Gasteiger partial charge in [-0.2, -0.15) is 10.4 Å². The summed E-state index contributed by atoms with van der Waals surface area (Å²) in [5, 5.41) is 28.0. The average Bonchev–Trinajstić information content (AvgIpc) is 3.11. The summed E-state index contributed by atoms with van der Waals surface area (Å²) < 4.78 is 0. The molecule has 3 aromatic rings. The van der Waals surface area contributed by atoms with Gasteiger partial charge in [-0.15, -0.1) is 0 Å². The smallest absolute Gasteiger partial charge is 0.270 e. The molecule has 2 aromatic heterocycles. The molecule has 1 aromatic carbocycles. The standard InChI is InChI=1S/C18H18N8O2/c1-12-20-17(23-22-12)11-24-4-6-25(7-5-24)18-8-13(10-19)15-9-14(26(27)28)2-3-16(15)21-18/h2-3,8-9H,4-7,11H2,1H3,(H,20,22,23). The third kappa shape index (κ3) is 3.47. The largest absolute Gasteiger partial charge is 0.354 e. The Bertz CT molecular complexity index is 1080. The molecule has 0 atom stereocenters. The van der Waals surface area contributed by atoms with Crippen molar-refractivity contribution in [1.82, 2.24) is 25.1 Å². The molecule has 3 heterocycles. The number of nitro benzene ring substituents is 1. The van der Waals surface area contributed by atoms with Gasteiger partial charge in [-0.25, -0.2) is 9.97 Å². The van der Waals surface area contributed by atoms with Gasteiger partial charge in [0.25, 0.3) is 5.69 Å². The molecule has 28 heavy (non-hydrogen) atoms. The van der Waals surface area contributed by atoms with Gasteiger partial charge >= 0.3 is 0 Å². The predicted octanol–water partition coefficient (Wildman–Crippen LogP) is 1.76. The number of rotatable bonds is 4. The zero-order valence-electron chi connectivity index (χ0n) is 15.3. The molecule has 142 valence electrons. The van der Waals surface area contributed by atoms with E-state index in [1.807, 2.05) is 6.92 Å². The van der Waals surface area contributed by atoms with Gasteiger partial charge in [-0.05, 0) is 19.1 Å². The maximum Gasteiger partial charge on any atom is 0.270 e. The number of nitriles is 1. The molecule has 10 heteroatoms. The lowest BCUT2D eigenvalue weighted by atomic mass is 10.1. The second-order valence-corrected chi connectivity index (χ2v) is 6.70. The molecule has 0 bridgehead atoms. The summed E-state index contributed by atoms with van der Waals surface area (Å²) >= 11 is 0. The van der Waals surface area contributed by atoms with Crippen molar-refractivity contribution in [1.29, 1.82) is 5.26 Å². The Labute approximate surface area is 160 Å². The minimum absolute atomic E-state index is 0.0469. The second-order valence-electron chi connectivity index (χ2n) is 6.70. The third-order valence-corrected chi connectivity index (χ3v) is 4.81. The van der Waals surface area contributed by atoms with E-state index < -0.39 is 4.92 Å². The number of anilines is 1. The summed E-state index contributed by atoms with van der Waals surface area (Å²) in [6.45, 7) is 5.75. The number of nitrogens with one attached hydrogen (secondary N) is 1. The highest BCUT2D eigenvalue weighted by Crippen LogP contribution is 2.27. The molecule has 0 unspecified atom stereocenters. The molecule has 0 amide bonds. The number of aromatic nitrogens is 4. The highest BCUT2D eigenvalue weighted by molar-refractivity contribution is 5.88. The van der Waals surface area contributed by atoms with Gasteiger partial charge in [0.15, 0.2) is 5.82 Å². The number of nitro groups is 1. The van der Waals surface area contributed by atoms with Crippen molar-refractivity contribution in [3.63, 3.8) is 0 Å². The van der Waals surface area contributed by atoms with Crippen LogP contribution in [0.3, 0.4) is 0 Å². The van der Waals surface area contributed by atoms with Crippen LogP contribution in [0.1, 0.15) is 17.2 Å². The topological polar surface area (TPSA) is 128 Å². The number of nitrogens with zero attached hydrogens (tertiary/aromatic N) is 7. The van der Waals surface area contributed by atoms with E-state index in [-0.39, 0.29) is 5.69 Å². The summed E-state index contributed by atoms with van der Waals surface area (Å²) in [5.74, 6) is 2.30. The molecule has 0 radical (unpaired) electrons. The first kappa shape index (κ1) is 17.8. The number of aromatic amines is 1. The fourth-order valence-electron chi connectivity index (χ4n) is 3.36. The maximum absolute atomic E-state index is 11.0. The van der Waals surface area contributed by atoms with Crippen LogP contribution >= 0.6 is 0 Å². The van der Waals surface area contributed by atoms with Crippen LogP contribution in [0.5, 0.6) is 0 Å². The highest BCUT2D eigenvalue weighted by atomic mass is 16.6. The predicted molar refractivity (Wildman–Crippen MR) is 102 cm³/mol. The number of fused-ring (bicyclic) bond motifs is 1. The van der Waals surface area contributed by atoms with E-state index in [2.05, 4.69) is 36.0 Å². The Kier molecular flexibility index (Phi) is 4.58. The minimum Gasteiger partial charge on any atom is -0.354 e. The summed E-state index contributed by atoms with van der Waals surface area (Å²) in [6, 6.07) is 8.26. The van der Waals surface area contributed by atoms with Crippen molar-refractivity contribution in [2.24, 2.45) is 0 Å². The van der Waals surface area contributed by atoms with Crippen molar-refractivity contribution in [3.05, 3.63) is 51.6 Å². The fourth-order valence-corrected chi connectivity index (χ4v) is 3.36. The number of piperazine rings is 1. The minimum atomic E-state index is -0.469. The Morgan fingerprint density at radius 1 is 1.25 bits per heavy atom. The highest BCUT2D eigenvalue weighted by Gasteiger charge is 2.21. The third-order valence-electron chi connectivity index (χ3n) is 4.81. The van der Waals surface area contributed by atoms with Crippen LogP contribution < -0.4 is 4.90 Å². The first-order valence-electron chi connectivity index (χ1n) is 8.88. The molecule has 1 saturated heterocycles. The van der Waals surface area contributed by atoms with Crippen molar-refractivity contribution in [2.75, 3.05) is 31.1 Å². The molecule has 4 rings (SSSR count). The number of aryl methyl sites for hydroxylation is 1. The first-order chi connectivity index (χ1) is 13.5. The molecule has 0 spiro atoms. The Morgan fingerprint density at radius 2 is 2.04 bits per heavy atom. The van der Waals surface area contributed by atoms with Gasteiger partial charge in [0, 0.05) is 43.7 Å². The van der Waals surface area contributed by atoms with Crippen molar-refractivity contribution in [2.45, 2.75) is 13.5 Å². The second kappa shape index (κ2) is 7.21. The van der Waals surface area contributed by atoms with Crippen LogP contribution in [0.4, 0.5) is 11.5 Å². The number of H-pyrrole nitrogens is 1. The number of benzene rings is 1. The van der Waals surface area contributed by atoms with E-state index in [0.717, 1.165) is 37.8 Å². The normalized spacial score (nSPS) is 14.9. The molecule has 1 aliphatic rings. The van der Waals surface area contributed by atoms with Gasteiger partial charge in [0.05, 0.1) is 28.6 Å². The quantitative estimate of drug-likeness (QED) is 0.537. The van der Waals surface area contributed by atoms with E-state index in [1.54, 1.807) is 12.1 Å². The van der Waals surface area contributed by atoms with Gasteiger partial charge in [-0.3, -0.25) is 20.1 Å².